The van der Waals surface area contributed by atoms with Gasteiger partial charge in [0.15, 0.2) is 0 Å². The van der Waals surface area contributed by atoms with Gasteiger partial charge in [-0.25, -0.2) is 13.1 Å². The molecule has 0 atom stereocenters. The Labute approximate surface area is 145 Å². The van der Waals surface area contributed by atoms with Crippen LogP contribution in [0.5, 0.6) is 0 Å². The molecule has 0 saturated heterocycles. The predicted molar refractivity (Wildman–Crippen MR) is 91.5 cm³/mol. The van der Waals surface area contributed by atoms with Crippen LogP contribution in [0.1, 0.15) is 11.1 Å². The van der Waals surface area contributed by atoms with Gasteiger partial charge in [0.05, 0.1) is 4.90 Å². The lowest BCUT2D eigenvalue weighted by atomic mass is 10.1. The zero-order chi connectivity index (χ0) is 16.3. The van der Waals surface area contributed by atoms with E-state index in [4.69, 9.17) is 34.8 Å². The topological polar surface area (TPSA) is 46.2 Å². The van der Waals surface area contributed by atoms with Gasteiger partial charge >= 0.3 is 0 Å². The molecule has 3 nitrogen and oxygen atoms in total. The van der Waals surface area contributed by atoms with Gasteiger partial charge in [-0.2, -0.15) is 0 Å². The van der Waals surface area contributed by atoms with Gasteiger partial charge in [0, 0.05) is 21.6 Å². The molecule has 0 aliphatic rings. The van der Waals surface area contributed by atoms with E-state index >= 15 is 0 Å². The molecule has 0 bridgehead atoms. The van der Waals surface area contributed by atoms with Crippen molar-refractivity contribution in [2.45, 2.75) is 18.2 Å². The van der Waals surface area contributed by atoms with Gasteiger partial charge in [-0.15, -0.1) is 0 Å². The minimum absolute atomic E-state index is 0.133. The van der Waals surface area contributed by atoms with E-state index in [2.05, 4.69) is 4.72 Å². The number of nitrogens with one attached hydrogen (secondary N) is 1. The van der Waals surface area contributed by atoms with Crippen molar-refractivity contribution in [1.82, 2.24) is 4.72 Å². The van der Waals surface area contributed by atoms with Crippen LogP contribution in [0, 0.1) is 6.92 Å². The molecule has 0 radical (unpaired) electrons. The van der Waals surface area contributed by atoms with E-state index in [1.54, 1.807) is 24.3 Å². The molecule has 0 spiro atoms. The summed E-state index contributed by atoms with van der Waals surface area (Å²) in [5.41, 5.74) is 1.54. The van der Waals surface area contributed by atoms with Crippen LogP contribution in [-0.4, -0.2) is 15.0 Å². The average Bonchev–Trinajstić information content (AvgIpc) is 2.45. The highest BCUT2D eigenvalue weighted by Crippen LogP contribution is 2.24. The van der Waals surface area contributed by atoms with Crippen molar-refractivity contribution in [1.29, 1.82) is 0 Å². The molecule has 2 aromatic rings. The Balaban J connectivity index is 2.08. The summed E-state index contributed by atoms with van der Waals surface area (Å²) in [7, 11) is -3.62. The van der Waals surface area contributed by atoms with Crippen LogP contribution in [-0.2, 0) is 16.4 Å². The second-order valence-corrected chi connectivity index (χ2v) is 7.75. The Kier molecular flexibility index (Phi) is 5.75. The first kappa shape index (κ1) is 17.6. The third-order valence-electron chi connectivity index (χ3n) is 3.18. The Hall–Kier alpha value is -0.780. The molecule has 1 N–H and O–H groups in total. The average molecular weight is 379 g/mol. The van der Waals surface area contributed by atoms with Crippen molar-refractivity contribution in [3.63, 3.8) is 0 Å². The summed E-state index contributed by atoms with van der Waals surface area (Å²) in [6.45, 7) is 2.00. The number of hydrogen-bond acceptors (Lipinski definition) is 2. The van der Waals surface area contributed by atoms with Crippen LogP contribution in [0.4, 0.5) is 0 Å². The van der Waals surface area contributed by atoms with Gasteiger partial charge in [-0.3, -0.25) is 0 Å². The fourth-order valence-electron chi connectivity index (χ4n) is 1.91. The summed E-state index contributed by atoms with van der Waals surface area (Å²) in [6, 6.07) is 9.80. The number of hydrogen-bond donors (Lipinski definition) is 1. The summed E-state index contributed by atoms with van der Waals surface area (Å²) < 4.78 is 27.0. The molecule has 118 valence electrons. The molecule has 0 aromatic heterocycles. The van der Waals surface area contributed by atoms with Crippen molar-refractivity contribution >= 4 is 44.8 Å². The van der Waals surface area contributed by atoms with E-state index in [9.17, 15) is 8.42 Å². The molecule has 0 heterocycles. The van der Waals surface area contributed by atoms with Crippen molar-refractivity contribution in [2.75, 3.05) is 6.54 Å². The SMILES string of the molecule is Cc1ccc(S(=O)(=O)NCCc2c(Cl)cccc2Cl)cc1Cl. The Morgan fingerprint density at radius 2 is 1.64 bits per heavy atom. The largest absolute Gasteiger partial charge is 0.240 e. The lowest BCUT2D eigenvalue weighted by Gasteiger charge is -2.10. The highest BCUT2D eigenvalue weighted by molar-refractivity contribution is 7.89. The molecule has 0 fully saturated rings. The van der Waals surface area contributed by atoms with Crippen LogP contribution in [0.15, 0.2) is 41.3 Å². The minimum Gasteiger partial charge on any atom is -0.211 e. The summed E-state index contributed by atoms with van der Waals surface area (Å²) in [6.07, 6.45) is 0.400. The molecular formula is C15H14Cl3NO2S. The molecule has 2 aromatic carbocycles. The molecular weight excluding hydrogens is 365 g/mol. The van der Waals surface area contributed by atoms with E-state index in [1.807, 2.05) is 6.92 Å². The summed E-state index contributed by atoms with van der Waals surface area (Å²) >= 11 is 18.1. The first-order valence-electron chi connectivity index (χ1n) is 6.50. The Bertz CT molecular complexity index is 771. The highest BCUT2D eigenvalue weighted by atomic mass is 35.5. The van der Waals surface area contributed by atoms with E-state index < -0.39 is 10.0 Å². The van der Waals surface area contributed by atoms with Crippen LogP contribution >= 0.6 is 34.8 Å². The van der Waals surface area contributed by atoms with E-state index in [0.29, 0.717) is 21.5 Å². The van der Waals surface area contributed by atoms with Crippen LogP contribution in [0.2, 0.25) is 15.1 Å². The molecule has 0 aliphatic carbocycles. The van der Waals surface area contributed by atoms with Crippen molar-refractivity contribution in [3.05, 3.63) is 62.6 Å². The van der Waals surface area contributed by atoms with Crippen molar-refractivity contribution < 1.29 is 8.42 Å². The summed E-state index contributed by atoms with van der Waals surface area (Å²) in [5, 5.41) is 1.45. The third-order valence-corrected chi connectivity index (χ3v) is 5.76. The van der Waals surface area contributed by atoms with E-state index in [1.165, 1.54) is 12.1 Å². The van der Waals surface area contributed by atoms with Crippen LogP contribution < -0.4 is 4.72 Å². The quantitative estimate of drug-likeness (QED) is 0.834. The number of rotatable bonds is 5. The standard InChI is InChI=1S/C15H14Cl3NO2S/c1-10-5-6-11(9-15(10)18)22(20,21)19-8-7-12-13(16)3-2-4-14(12)17/h2-6,9,19H,7-8H2,1H3. The second-order valence-electron chi connectivity index (χ2n) is 4.76. The first-order chi connectivity index (χ1) is 10.3. The minimum atomic E-state index is -3.62. The lowest BCUT2D eigenvalue weighted by molar-refractivity contribution is 0.581. The monoisotopic (exact) mass is 377 g/mol. The first-order valence-corrected chi connectivity index (χ1v) is 9.11. The molecule has 0 unspecified atom stereocenters. The fraction of sp³-hybridized carbons (Fsp3) is 0.200. The van der Waals surface area contributed by atoms with Gasteiger partial charge in [0.2, 0.25) is 10.0 Å². The Morgan fingerprint density at radius 1 is 1.00 bits per heavy atom. The van der Waals surface area contributed by atoms with Crippen molar-refractivity contribution in [2.24, 2.45) is 0 Å². The molecule has 7 heteroatoms. The molecule has 2 rings (SSSR count). The van der Waals surface area contributed by atoms with Gasteiger partial charge in [0.1, 0.15) is 0 Å². The zero-order valence-corrected chi connectivity index (χ0v) is 14.8. The maximum absolute atomic E-state index is 12.2. The van der Waals surface area contributed by atoms with Gasteiger partial charge in [-0.1, -0.05) is 46.9 Å². The normalized spacial score (nSPS) is 11.6. The zero-order valence-electron chi connectivity index (χ0n) is 11.7. The predicted octanol–water partition coefficient (Wildman–Crippen LogP) is 4.48. The number of halogens is 3. The van der Waals surface area contributed by atoms with Crippen LogP contribution in [0.3, 0.4) is 0 Å². The van der Waals surface area contributed by atoms with Gasteiger partial charge < -0.3 is 0 Å². The second kappa shape index (κ2) is 7.20. The molecule has 0 amide bonds. The summed E-state index contributed by atoms with van der Waals surface area (Å²) in [4.78, 5) is 0.133. The lowest BCUT2D eigenvalue weighted by Crippen LogP contribution is -2.26. The van der Waals surface area contributed by atoms with Crippen molar-refractivity contribution in [3.8, 4) is 0 Å². The van der Waals surface area contributed by atoms with Gasteiger partial charge in [-0.05, 0) is 48.7 Å². The van der Waals surface area contributed by atoms with Gasteiger partial charge in [0.25, 0.3) is 0 Å². The Morgan fingerprint density at radius 3 is 2.23 bits per heavy atom. The van der Waals surface area contributed by atoms with E-state index in [0.717, 1.165) is 11.1 Å². The number of benzene rings is 2. The number of aryl methyl sites for hydroxylation is 1. The molecule has 22 heavy (non-hydrogen) atoms. The molecule has 0 aliphatic heterocycles. The smallest absolute Gasteiger partial charge is 0.211 e. The summed E-state index contributed by atoms with van der Waals surface area (Å²) in [5.74, 6) is 0. The van der Waals surface area contributed by atoms with Crippen LogP contribution in [0.25, 0.3) is 0 Å². The maximum atomic E-state index is 12.2. The van der Waals surface area contributed by atoms with E-state index in [-0.39, 0.29) is 11.4 Å². The number of sulfonamides is 1. The maximum Gasteiger partial charge on any atom is 0.240 e. The highest BCUT2D eigenvalue weighted by Gasteiger charge is 2.15. The molecule has 0 saturated carbocycles. The third kappa shape index (κ3) is 4.15. The fourth-order valence-corrected chi connectivity index (χ4v) is 3.79.